The number of alkyl halides is 1. The number of hydrogen-bond acceptors (Lipinski definition) is 3. The van der Waals surface area contributed by atoms with Gasteiger partial charge in [0.15, 0.2) is 0 Å². The van der Waals surface area contributed by atoms with Gasteiger partial charge in [0.1, 0.15) is 12.4 Å². The second kappa shape index (κ2) is 7.96. The van der Waals surface area contributed by atoms with E-state index in [1.807, 2.05) is 37.2 Å². The predicted octanol–water partition coefficient (Wildman–Crippen LogP) is 1.80. The van der Waals surface area contributed by atoms with Gasteiger partial charge in [-0.2, -0.15) is 0 Å². The summed E-state index contributed by atoms with van der Waals surface area (Å²) in [5.74, 6) is 0.650. The molecule has 0 aliphatic carbocycles. The first kappa shape index (κ1) is 18.0. The average Bonchev–Trinajstić information content (AvgIpc) is 2.96. The molecule has 1 aliphatic heterocycles. The standard InChI is InChI=1S/C16H23IN4O2/c1-12(17)13-6-7-14(18-13)21-10-9-20(11-16(21)23)15(22)5-4-8-19(2)3/h4-7,12,18H,8-11H2,1-3H3/b5-4+. The molecule has 2 amide bonds. The van der Waals surface area contributed by atoms with Crippen molar-refractivity contribution >= 4 is 40.2 Å². The van der Waals surface area contributed by atoms with Crippen LogP contribution in [-0.2, 0) is 9.59 Å². The molecular formula is C16H23IN4O2. The highest BCUT2D eigenvalue weighted by molar-refractivity contribution is 14.1. The molecule has 7 heteroatoms. The van der Waals surface area contributed by atoms with Crippen molar-refractivity contribution in [2.24, 2.45) is 0 Å². The number of anilines is 1. The molecule has 0 aromatic carbocycles. The lowest BCUT2D eigenvalue weighted by Gasteiger charge is -2.33. The molecule has 1 fully saturated rings. The fourth-order valence-electron chi connectivity index (χ4n) is 2.38. The number of H-pyrrole nitrogens is 1. The molecule has 2 rings (SSSR count). The van der Waals surface area contributed by atoms with Crippen molar-refractivity contribution in [3.63, 3.8) is 0 Å². The number of nitrogens with one attached hydrogen (secondary N) is 1. The van der Waals surface area contributed by atoms with Gasteiger partial charge in [0.25, 0.3) is 0 Å². The number of aromatic nitrogens is 1. The van der Waals surface area contributed by atoms with E-state index >= 15 is 0 Å². The van der Waals surface area contributed by atoms with Crippen LogP contribution < -0.4 is 4.90 Å². The molecule has 6 nitrogen and oxygen atoms in total. The number of halogens is 1. The lowest BCUT2D eigenvalue weighted by atomic mass is 10.3. The summed E-state index contributed by atoms with van der Waals surface area (Å²) in [6.45, 7) is 3.99. The van der Waals surface area contributed by atoms with Gasteiger partial charge in [-0.1, -0.05) is 28.7 Å². The van der Waals surface area contributed by atoms with Crippen molar-refractivity contribution in [3.05, 3.63) is 30.0 Å². The number of carbonyl (C=O) groups is 2. The number of carbonyl (C=O) groups excluding carboxylic acids is 2. The van der Waals surface area contributed by atoms with Gasteiger partial charge in [-0.15, -0.1) is 0 Å². The molecule has 1 saturated heterocycles. The van der Waals surface area contributed by atoms with Crippen LogP contribution >= 0.6 is 22.6 Å². The molecule has 1 aromatic rings. The molecular weight excluding hydrogens is 407 g/mol. The molecule has 1 N–H and O–H groups in total. The first-order valence-electron chi connectivity index (χ1n) is 7.62. The van der Waals surface area contributed by atoms with Gasteiger partial charge in [-0.3, -0.25) is 14.5 Å². The Bertz CT molecular complexity index is 595. The number of piperazine rings is 1. The van der Waals surface area contributed by atoms with Gasteiger partial charge >= 0.3 is 0 Å². The SMILES string of the molecule is CC(I)c1ccc(N2CCN(C(=O)/C=C/CN(C)C)CC2=O)[nH]1. The number of aromatic amines is 1. The van der Waals surface area contributed by atoms with Crippen LogP contribution in [-0.4, -0.2) is 66.9 Å². The van der Waals surface area contributed by atoms with E-state index in [0.29, 0.717) is 23.6 Å². The maximum atomic E-state index is 12.3. The summed E-state index contributed by atoms with van der Waals surface area (Å²) in [7, 11) is 3.89. The van der Waals surface area contributed by atoms with Gasteiger partial charge in [0.2, 0.25) is 11.8 Å². The van der Waals surface area contributed by atoms with Crippen LogP contribution in [0.4, 0.5) is 5.82 Å². The topological polar surface area (TPSA) is 59.6 Å². The van der Waals surface area contributed by atoms with Gasteiger partial charge < -0.3 is 14.8 Å². The molecule has 1 aromatic heterocycles. The van der Waals surface area contributed by atoms with E-state index in [-0.39, 0.29) is 18.4 Å². The fraction of sp³-hybridized carbons (Fsp3) is 0.500. The van der Waals surface area contributed by atoms with E-state index in [2.05, 4.69) is 34.5 Å². The summed E-state index contributed by atoms with van der Waals surface area (Å²) in [6, 6.07) is 3.93. The average molecular weight is 430 g/mol. The van der Waals surface area contributed by atoms with Crippen LogP contribution in [0.2, 0.25) is 0 Å². The molecule has 0 saturated carbocycles. The van der Waals surface area contributed by atoms with Crippen LogP contribution in [0, 0.1) is 0 Å². The van der Waals surface area contributed by atoms with E-state index in [1.165, 1.54) is 0 Å². The van der Waals surface area contributed by atoms with Gasteiger partial charge in [-0.05, 0) is 33.2 Å². The first-order chi connectivity index (χ1) is 10.9. The van der Waals surface area contributed by atoms with E-state index in [0.717, 1.165) is 11.5 Å². The number of hydrogen-bond donors (Lipinski definition) is 1. The molecule has 126 valence electrons. The number of likely N-dealkylation sites (N-methyl/N-ethyl adjacent to an activating group) is 1. The van der Waals surface area contributed by atoms with Crippen molar-refractivity contribution in [3.8, 4) is 0 Å². The molecule has 1 unspecified atom stereocenters. The van der Waals surface area contributed by atoms with Crippen LogP contribution in [0.15, 0.2) is 24.3 Å². The van der Waals surface area contributed by atoms with Crippen molar-refractivity contribution in [2.45, 2.75) is 10.8 Å². The highest BCUT2D eigenvalue weighted by Crippen LogP contribution is 2.25. The van der Waals surface area contributed by atoms with Gasteiger partial charge in [0.05, 0.1) is 0 Å². The molecule has 0 radical (unpaired) electrons. The summed E-state index contributed by atoms with van der Waals surface area (Å²) < 4.78 is 0.362. The maximum absolute atomic E-state index is 12.3. The Morgan fingerprint density at radius 3 is 2.74 bits per heavy atom. The monoisotopic (exact) mass is 430 g/mol. The fourth-order valence-corrected chi connectivity index (χ4v) is 2.74. The minimum atomic E-state index is -0.104. The molecule has 1 aliphatic rings. The van der Waals surface area contributed by atoms with Gasteiger partial charge in [-0.25, -0.2) is 0 Å². The molecule has 2 heterocycles. The minimum absolute atomic E-state index is 0.0554. The van der Waals surface area contributed by atoms with Crippen LogP contribution in [0.1, 0.15) is 16.5 Å². The zero-order valence-electron chi connectivity index (χ0n) is 13.8. The van der Waals surface area contributed by atoms with E-state index in [1.54, 1.807) is 15.9 Å². The van der Waals surface area contributed by atoms with Crippen molar-refractivity contribution in [1.82, 2.24) is 14.8 Å². The second-order valence-electron chi connectivity index (χ2n) is 5.88. The summed E-state index contributed by atoms with van der Waals surface area (Å²) in [5, 5.41) is 0. The molecule has 0 bridgehead atoms. The van der Waals surface area contributed by atoms with Crippen LogP contribution in [0.5, 0.6) is 0 Å². The Balaban J connectivity index is 1.95. The Hall–Kier alpha value is -1.35. The molecule has 0 spiro atoms. The Kier molecular flexibility index (Phi) is 6.23. The van der Waals surface area contributed by atoms with E-state index in [9.17, 15) is 9.59 Å². The second-order valence-corrected chi connectivity index (χ2v) is 7.75. The van der Waals surface area contributed by atoms with Crippen molar-refractivity contribution < 1.29 is 9.59 Å². The molecule has 1 atom stereocenters. The quantitative estimate of drug-likeness (QED) is 0.441. The Labute approximate surface area is 150 Å². The number of nitrogens with zero attached hydrogens (tertiary/aromatic N) is 3. The summed E-state index contributed by atoms with van der Waals surface area (Å²) in [6.07, 6.45) is 3.37. The van der Waals surface area contributed by atoms with Crippen molar-refractivity contribution in [1.29, 1.82) is 0 Å². The largest absolute Gasteiger partial charge is 0.344 e. The third-order valence-electron chi connectivity index (χ3n) is 3.68. The van der Waals surface area contributed by atoms with E-state index in [4.69, 9.17) is 0 Å². The van der Waals surface area contributed by atoms with Crippen LogP contribution in [0.25, 0.3) is 0 Å². The van der Waals surface area contributed by atoms with Crippen molar-refractivity contribution in [2.75, 3.05) is 45.2 Å². The lowest BCUT2D eigenvalue weighted by Crippen LogP contribution is -2.52. The number of rotatable bonds is 5. The normalized spacial score (nSPS) is 17.3. The maximum Gasteiger partial charge on any atom is 0.247 e. The highest BCUT2D eigenvalue weighted by atomic mass is 127. The summed E-state index contributed by atoms with van der Waals surface area (Å²) in [5.41, 5.74) is 1.10. The summed E-state index contributed by atoms with van der Waals surface area (Å²) >= 11 is 2.33. The zero-order valence-corrected chi connectivity index (χ0v) is 15.9. The van der Waals surface area contributed by atoms with Crippen LogP contribution in [0.3, 0.4) is 0 Å². The minimum Gasteiger partial charge on any atom is -0.344 e. The third-order valence-corrected chi connectivity index (χ3v) is 4.35. The van der Waals surface area contributed by atoms with Gasteiger partial charge in [0, 0.05) is 35.3 Å². The highest BCUT2D eigenvalue weighted by Gasteiger charge is 2.27. The summed E-state index contributed by atoms with van der Waals surface area (Å²) in [4.78, 5) is 33.0. The predicted molar refractivity (Wildman–Crippen MR) is 99.9 cm³/mol. The Morgan fingerprint density at radius 1 is 1.43 bits per heavy atom. The Morgan fingerprint density at radius 2 is 2.17 bits per heavy atom. The van der Waals surface area contributed by atoms with E-state index < -0.39 is 0 Å². The third kappa shape index (κ3) is 4.81. The zero-order chi connectivity index (χ0) is 17.0. The smallest absolute Gasteiger partial charge is 0.247 e. The lowest BCUT2D eigenvalue weighted by molar-refractivity contribution is -0.133. The molecule has 23 heavy (non-hydrogen) atoms. The first-order valence-corrected chi connectivity index (χ1v) is 8.86. The number of amides is 2.